The minimum absolute atomic E-state index is 0.0370. The molecule has 3 aromatic rings. The molecule has 4 rings (SSSR count). The summed E-state index contributed by atoms with van der Waals surface area (Å²) in [6.45, 7) is 8.99. The molecule has 4 atom stereocenters. The highest BCUT2D eigenvalue weighted by Crippen LogP contribution is 2.45. The molecule has 0 radical (unpaired) electrons. The number of hydrogen-bond donors (Lipinski definition) is 1. The number of halogens is 1. The van der Waals surface area contributed by atoms with Crippen molar-refractivity contribution in [2.45, 2.75) is 71.2 Å². The van der Waals surface area contributed by atoms with E-state index in [2.05, 4.69) is 67.1 Å². The zero-order chi connectivity index (χ0) is 26.7. The third kappa shape index (κ3) is 6.06. The number of esters is 1. The van der Waals surface area contributed by atoms with E-state index in [-0.39, 0.29) is 11.3 Å². The van der Waals surface area contributed by atoms with Crippen LogP contribution in [-0.2, 0) is 16.0 Å². The Labute approximate surface area is 225 Å². The molecule has 0 bridgehead atoms. The summed E-state index contributed by atoms with van der Waals surface area (Å²) in [7, 11) is 3.10. The number of rotatable bonds is 9. The smallest absolute Gasteiger partial charge is 0.305 e. The van der Waals surface area contributed by atoms with Crippen LogP contribution in [0.5, 0.6) is 5.75 Å². The Hall–Kier alpha value is -2.73. The van der Waals surface area contributed by atoms with Gasteiger partial charge in [0, 0.05) is 24.2 Å². The monoisotopic (exact) mass is 525 g/mol. The number of alkyl halides is 1. The number of carbonyl (C=O) groups excluding carboxylic acids is 1. The molecule has 1 N–H and O–H groups in total. The fourth-order valence-electron chi connectivity index (χ4n) is 5.72. The van der Waals surface area contributed by atoms with E-state index in [1.54, 1.807) is 7.11 Å². The van der Waals surface area contributed by atoms with Gasteiger partial charge in [-0.3, -0.25) is 4.79 Å². The molecule has 1 aliphatic rings. The number of hydrogen-bond acceptors (Lipinski definition) is 5. The van der Waals surface area contributed by atoms with Crippen LogP contribution < -0.4 is 10.1 Å². The Balaban J connectivity index is 1.82. The first-order valence-corrected chi connectivity index (χ1v) is 13.8. The Morgan fingerprint density at radius 2 is 1.89 bits per heavy atom. The Bertz CT molecular complexity index is 1220. The minimum Gasteiger partial charge on any atom is -0.496 e. The lowest BCUT2D eigenvalue weighted by molar-refractivity contribution is -0.140. The van der Waals surface area contributed by atoms with Crippen LogP contribution in [0.2, 0.25) is 0 Å². The first kappa shape index (κ1) is 27.3. The van der Waals surface area contributed by atoms with Gasteiger partial charge >= 0.3 is 5.97 Å². The van der Waals surface area contributed by atoms with Crippen molar-refractivity contribution in [2.24, 2.45) is 17.8 Å². The maximum absolute atomic E-state index is 11.8. The number of aryl methyl sites for hydroxylation is 1. The molecule has 7 heteroatoms. The quantitative estimate of drug-likeness (QED) is 0.228. The summed E-state index contributed by atoms with van der Waals surface area (Å²) in [6.07, 6.45) is 4.41. The van der Waals surface area contributed by atoms with Crippen LogP contribution in [0.25, 0.3) is 11.0 Å². The van der Waals surface area contributed by atoms with Gasteiger partial charge in [-0.15, -0.1) is 11.6 Å². The van der Waals surface area contributed by atoms with E-state index in [4.69, 9.17) is 26.1 Å². The van der Waals surface area contributed by atoms with Crippen LogP contribution in [-0.4, -0.2) is 29.7 Å². The Morgan fingerprint density at radius 3 is 2.51 bits per heavy atom. The summed E-state index contributed by atoms with van der Waals surface area (Å²) in [5.41, 5.74) is 4.96. The second-order valence-corrected chi connectivity index (χ2v) is 11.4. The fraction of sp³-hybridized carbons (Fsp3) is 0.533. The van der Waals surface area contributed by atoms with Crippen LogP contribution in [0.4, 0.5) is 11.6 Å². The summed E-state index contributed by atoms with van der Waals surface area (Å²) in [6, 6.07) is 12.7. The van der Waals surface area contributed by atoms with Gasteiger partial charge in [0.25, 0.3) is 0 Å². The average Bonchev–Trinajstić information content (AvgIpc) is 3.22. The zero-order valence-electron chi connectivity index (χ0n) is 22.9. The number of carbonyl (C=O) groups is 1. The van der Waals surface area contributed by atoms with Crippen LogP contribution >= 0.6 is 11.6 Å². The molecule has 0 spiro atoms. The number of fused-ring (bicyclic) bond motifs is 1. The molecule has 0 saturated heterocycles. The molecule has 1 fully saturated rings. The second-order valence-electron chi connectivity index (χ2n) is 10.8. The van der Waals surface area contributed by atoms with Crippen LogP contribution in [0, 0.1) is 17.8 Å². The molecule has 1 unspecified atom stereocenters. The zero-order valence-corrected chi connectivity index (χ0v) is 23.6. The van der Waals surface area contributed by atoms with Crippen molar-refractivity contribution >= 4 is 40.2 Å². The average molecular weight is 526 g/mol. The normalized spacial score (nSPS) is 20.7. The van der Waals surface area contributed by atoms with Gasteiger partial charge in [-0.25, -0.2) is 4.98 Å². The van der Waals surface area contributed by atoms with Crippen molar-refractivity contribution in [3.05, 3.63) is 47.5 Å². The van der Waals surface area contributed by atoms with Crippen LogP contribution in [0.15, 0.2) is 36.4 Å². The SMILES string of the molecule is COC(=O)CCc1cc2nc(Nc3ccc(C(C)Cl)cc3)n([C@@H]3C[C@H](C)CC[C@H]3C(C)C)c2cc1OC. The molecular weight excluding hydrogens is 486 g/mol. The Kier molecular flexibility index (Phi) is 8.68. The van der Waals surface area contributed by atoms with Gasteiger partial charge in [0.2, 0.25) is 5.95 Å². The third-order valence-corrected chi connectivity index (χ3v) is 8.11. The van der Waals surface area contributed by atoms with Crippen molar-refractivity contribution in [1.29, 1.82) is 0 Å². The predicted molar refractivity (Wildman–Crippen MR) is 151 cm³/mol. The highest BCUT2D eigenvalue weighted by Gasteiger charge is 2.34. The van der Waals surface area contributed by atoms with Crippen molar-refractivity contribution in [3.63, 3.8) is 0 Å². The molecule has 1 heterocycles. The number of ether oxygens (including phenoxy) is 2. The summed E-state index contributed by atoms with van der Waals surface area (Å²) in [4.78, 5) is 16.9. The molecule has 37 heavy (non-hydrogen) atoms. The number of nitrogens with zero attached hydrogens (tertiary/aromatic N) is 2. The summed E-state index contributed by atoms with van der Waals surface area (Å²) >= 11 is 6.28. The molecule has 0 amide bonds. The summed E-state index contributed by atoms with van der Waals surface area (Å²) in [5.74, 6) is 3.14. The lowest BCUT2D eigenvalue weighted by atomic mass is 9.74. The van der Waals surface area contributed by atoms with Gasteiger partial charge in [0.15, 0.2) is 0 Å². The minimum atomic E-state index is -0.235. The van der Waals surface area contributed by atoms with Gasteiger partial charge in [-0.05, 0) is 73.3 Å². The highest BCUT2D eigenvalue weighted by atomic mass is 35.5. The summed E-state index contributed by atoms with van der Waals surface area (Å²) in [5, 5.41) is 3.57. The largest absolute Gasteiger partial charge is 0.496 e. The number of anilines is 2. The standard InChI is InChI=1S/C30H40ClN3O3/c1-18(2)24-13-7-19(3)15-26(24)34-27-17-28(36-5)22(10-14-29(35)37-6)16-25(27)33-30(34)32-23-11-8-21(9-12-23)20(4)31/h8-9,11-12,16-20,24,26H,7,10,13-15H2,1-6H3,(H,32,33)/t19-,20?,24+,26-/m1/s1. The molecule has 1 saturated carbocycles. The van der Waals surface area contributed by atoms with E-state index in [1.165, 1.54) is 20.0 Å². The third-order valence-electron chi connectivity index (χ3n) is 7.86. The molecule has 1 aromatic heterocycles. The number of methoxy groups -OCH3 is 2. The lowest BCUT2D eigenvalue weighted by Gasteiger charge is -2.39. The van der Waals surface area contributed by atoms with Crippen molar-refractivity contribution in [3.8, 4) is 5.75 Å². The second kappa shape index (κ2) is 11.8. The van der Waals surface area contributed by atoms with Crippen molar-refractivity contribution in [1.82, 2.24) is 9.55 Å². The van der Waals surface area contributed by atoms with Crippen LogP contribution in [0.1, 0.15) is 75.9 Å². The molecular formula is C30H40ClN3O3. The number of imidazole rings is 1. The van der Waals surface area contributed by atoms with Crippen molar-refractivity contribution < 1.29 is 14.3 Å². The van der Waals surface area contributed by atoms with E-state index in [0.29, 0.717) is 36.6 Å². The number of aromatic nitrogens is 2. The molecule has 200 valence electrons. The molecule has 1 aliphatic carbocycles. The van der Waals surface area contributed by atoms with Gasteiger partial charge in [0.05, 0.1) is 30.6 Å². The maximum atomic E-state index is 11.8. The van der Waals surface area contributed by atoms with Gasteiger partial charge in [-0.1, -0.05) is 39.3 Å². The first-order valence-electron chi connectivity index (χ1n) is 13.4. The van der Waals surface area contributed by atoms with E-state index >= 15 is 0 Å². The Morgan fingerprint density at radius 1 is 1.16 bits per heavy atom. The van der Waals surface area contributed by atoms with Gasteiger partial charge < -0.3 is 19.4 Å². The lowest BCUT2D eigenvalue weighted by Crippen LogP contribution is -2.30. The van der Waals surface area contributed by atoms with E-state index in [1.807, 2.05) is 6.92 Å². The van der Waals surface area contributed by atoms with E-state index in [9.17, 15) is 4.79 Å². The van der Waals surface area contributed by atoms with E-state index in [0.717, 1.165) is 46.0 Å². The number of nitrogens with one attached hydrogen (secondary N) is 1. The maximum Gasteiger partial charge on any atom is 0.305 e. The molecule has 2 aromatic carbocycles. The van der Waals surface area contributed by atoms with Crippen LogP contribution in [0.3, 0.4) is 0 Å². The fourth-order valence-corrected chi connectivity index (χ4v) is 5.87. The summed E-state index contributed by atoms with van der Waals surface area (Å²) < 4.78 is 13.0. The number of benzene rings is 2. The van der Waals surface area contributed by atoms with Crippen molar-refractivity contribution in [2.75, 3.05) is 19.5 Å². The van der Waals surface area contributed by atoms with Gasteiger partial charge in [-0.2, -0.15) is 0 Å². The molecule has 0 aliphatic heterocycles. The highest BCUT2D eigenvalue weighted by molar-refractivity contribution is 6.20. The van der Waals surface area contributed by atoms with Gasteiger partial charge in [0.1, 0.15) is 5.75 Å². The molecule has 6 nitrogen and oxygen atoms in total. The first-order chi connectivity index (χ1) is 17.7. The topological polar surface area (TPSA) is 65.4 Å². The predicted octanol–water partition coefficient (Wildman–Crippen LogP) is 7.83. The van der Waals surface area contributed by atoms with E-state index < -0.39 is 0 Å².